The largest absolute Gasteiger partial charge is 0.356 e. The maximum Gasteiger partial charge on any atom is 0.222 e. The number of hydrogen-bond acceptors (Lipinski definition) is 7. The van der Waals surface area contributed by atoms with Crippen molar-refractivity contribution in [3.05, 3.63) is 62.5 Å². The van der Waals surface area contributed by atoms with Crippen LogP contribution in [-0.4, -0.2) is 70.6 Å². The molecule has 0 radical (unpaired) electrons. The smallest absolute Gasteiger partial charge is 0.222 e. The van der Waals surface area contributed by atoms with Crippen LogP contribution in [0.3, 0.4) is 0 Å². The summed E-state index contributed by atoms with van der Waals surface area (Å²) in [5.74, 6) is 1.47. The van der Waals surface area contributed by atoms with Crippen LogP contribution < -0.4 is 10.6 Å². The molecule has 0 saturated carbocycles. The molecule has 0 unspecified atom stereocenters. The van der Waals surface area contributed by atoms with Gasteiger partial charge in [-0.2, -0.15) is 0 Å². The molecule has 4 heterocycles. The van der Waals surface area contributed by atoms with Crippen molar-refractivity contribution in [1.82, 2.24) is 30.3 Å². The standard InChI is InChI=1S/C26H32ClN7OS/c1-16-17(2)36-26-23(16)24(19-5-7-20(27)8-6-19)30-21(25-32-31-18(3)34(25)26)15-22(35)29-9-4-12-33-13-10-28-11-14-33/h5-8,21,28H,4,9-15H2,1-3H3,(H,29,35)/t21-/m1/s1. The van der Waals surface area contributed by atoms with Crippen LogP contribution in [-0.2, 0) is 4.79 Å². The number of aromatic nitrogens is 3. The molecule has 0 aliphatic carbocycles. The SMILES string of the molecule is Cc1sc2c(c1C)C(c1ccc(Cl)cc1)=N[C@H](CC(=O)NCCCN1CCNCC1)c1nnc(C)n1-2. The number of hydrogen-bond donors (Lipinski definition) is 2. The molecule has 1 aromatic carbocycles. The van der Waals surface area contributed by atoms with E-state index in [1.807, 2.05) is 31.2 Å². The van der Waals surface area contributed by atoms with Crippen molar-refractivity contribution < 1.29 is 4.79 Å². The first-order chi connectivity index (χ1) is 17.4. The number of nitrogens with one attached hydrogen (secondary N) is 2. The molecule has 2 aliphatic heterocycles. The molecule has 8 nitrogen and oxygen atoms in total. The Morgan fingerprint density at radius 3 is 2.67 bits per heavy atom. The summed E-state index contributed by atoms with van der Waals surface area (Å²) >= 11 is 7.89. The molecule has 1 saturated heterocycles. The predicted molar refractivity (Wildman–Crippen MR) is 145 cm³/mol. The zero-order chi connectivity index (χ0) is 25.2. The van der Waals surface area contributed by atoms with Gasteiger partial charge in [0, 0.05) is 53.8 Å². The molecule has 0 spiro atoms. The van der Waals surface area contributed by atoms with Gasteiger partial charge in [0.25, 0.3) is 0 Å². The Kier molecular flexibility index (Phi) is 7.52. The first-order valence-electron chi connectivity index (χ1n) is 12.5. The van der Waals surface area contributed by atoms with Crippen molar-refractivity contribution in [3.8, 4) is 5.00 Å². The molecule has 190 valence electrons. The Morgan fingerprint density at radius 2 is 1.92 bits per heavy atom. The number of aliphatic imine (C=N–C) groups is 1. The van der Waals surface area contributed by atoms with E-state index in [2.05, 4.69) is 44.1 Å². The van der Waals surface area contributed by atoms with E-state index in [9.17, 15) is 4.79 Å². The molecule has 1 atom stereocenters. The van der Waals surface area contributed by atoms with Gasteiger partial charge in [-0.25, -0.2) is 0 Å². The molecule has 2 aliphatic rings. The van der Waals surface area contributed by atoms with E-state index >= 15 is 0 Å². The Bertz CT molecular complexity index is 1270. The number of fused-ring (bicyclic) bond motifs is 3. The first-order valence-corrected chi connectivity index (χ1v) is 13.7. The zero-order valence-electron chi connectivity index (χ0n) is 21.0. The minimum Gasteiger partial charge on any atom is -0.356 e. The third-order valence-corrected chi connectivity index (χ3v) is 8.36. The first kappa shape index (κ1) is 25.1. The summed E-state index contributed by atoms with van der Waals surface area (Å²) in [6, 6.07) is 7.30. The Labute approximate surface area is 220 Å². The summed E-state index contributed by atoms with van der Waals surface area (Å²) in [7, 11) is 0. The number of nitrogens with zero attached hydrogens (tertiary/aromatic N) is 5. The third-order valence-electron chi connectivity index (χ3n) is 6.92. The fourth-order valence-electron chi connectivity index (χ4n) is 4.85. The summed E-state index contributed by atoms with van der Waals surface area (Å²) in [5.41, 5.74) is 4.09. The second kappa shape index (κ2) is 10.8. The van der Waals surface area contributed by atoms with Crippen molar-refractivity contribution in [2.24, 2.45) is 4.99 Å². The highest BCUT2D eigenvalue weighted by molar-refractivity contribution is 7.15. The molecule has 5 rings (SSSR count). The number of carbonyl (C=O) groups excluding carboxylic acids is 1. The molecule has 1 amide bonds. The summed E-state index contributed by atoms with van der Waals surface area (Å²) in [4.78, 5) is 21.9. The molecule has 3 aromatic rings. The van der Waals surface area contributed by atoms with Crippen LogP contribution in [0, 0.1) is 20.8 Å². The summed E-state index contributed by atoms with van der Waals surface area (Å²) in [5, 5.41) is 17.1. The highest BCUT2D eigenvalue weighted by atomic mass is 35.5. The van der Waals surface area contributed by atoms with Gasteiger partial charge in [0.2, 0.25) is 5.91 Å². The number of aryl methyl sites for hydroxylation is 2. The minimum atomic E-state index is -0.440. The number of thiophene rings is 1. The van der Waals surface area contributed by atoms with Gasteiger partial charge in [0.15, 0.2) is 5.82 Å². The Morgan fingerprint density at radius 1 is 1.17 bits per heavy atom. The fraction of sp³-hybridized carbons (Fsp3) is 0.462. The monoisotopic (exact) mass is 525 g/mol. The number of benzene rings is 1. The van der Waals surface area contributed by atoms with Crippen LogP contribution in [0.4, 0.5) is 0 Å². The van der Waals surface area contributed by atoms with Crippen LogP contribution in [0.15, 0.2) is 29.3 Å². The van der Waals surface area contributed by atoms with Gasteiger partial charge in [-0.1, -0.05) is 23.7 Å². The van der Waals surface area contributed by atoms with Gasteiger partial charge >= 0.3 is 0 Å². The maximum absolute atomic E-state index is 13.0. The van der Waals surface area contributed by atoms with Crippen molar-refractivity contribution >= 4 is 34.6 Å². The molecular formula is C26H32ClN7OS. The quantitative estimate of drug-likeness (QED) is 0.460. The average Bonchev–Trinajstić information content (AvgIpc) is 3.35. The van der Waals surface area contributed by atoms with Gasteiger partial charge in [0.05, 0.1) is 12.1 Å². The van der Waals surface area contributed by atoms with E-state index in [1.54, 1.807) is 11.3 Å². The highest BCUT2D eigenvalue weighted by Gasteiger charge is 2.32. The van der Waals surface area contributed by atoms with E-state index in [4.69, 9.17) is 16.6 Å². The van der Waals surface area contributed by atoms with Crippen molar-refractivity contribution in [1.29, 1.82) is 0 Å². The molecule has 2 aromatic heterocycles. The highest BCUT2D eigenvalue weighted by Crippen LogP contribution is 2.39. The summed E-state index contributed by atoms with van der Waals surface area (Å²) in [6.07, 6.45) is 1.15. The molecule has 0 bridgehead atoms. The lowest BCUT2D eigenvalue weighted by atomic mass is 9.99. The Hall–Kier alpha value is -2.59. The molecule has 2 N–H and O–H groups in total. The van der Waals surface area contributed by atoms with Gasteiger partial charge in [-0.05, 0) is 51.4 Å². The van der Waals surface area contributed by atoms with Gasteiger partial charge in [0.1, 0.15) is 16.9 Å². The number of halogens is 1. The van der Waals surface area contributed by atoms with Gasteiger partial charge < -0.3 is 15.5 Å². The molecule has 1 fully saturated rings. The number of piperazine rings is 1. The Balaban J connectivity index is 1.41. The van der Waals surface area contributed by atoms with E-state index in [-0.39, 0.29) is 12.3 Å². The summed E-state index contributed by atoms with van der Waals surface area (Å²) < 4.78 is 2.08. The van der Waals surface area contributed by atoms with E-state index < -0.39 is 6.04 Å². The zero-order valence-corrected chi connectivity index (χ0v) is 22.5. The number of carbonyl (C=O) groups is 1. The van der Waals surface area contributed by atoms with Crippen molar-refractivity contribution in [2.75, 3.05) is 39.3 Å². The fourth-order valence-corrected chi connectivity index (χ4v) is 6.19. The lowest BCUT2D eigenvalue weighted by Gasteiger charge is -2.27. The topological polar surface area (TPSA) is 87.4 Å². The average molecular weight is 526 g/mol. The van der Waals surface area contributed by atoms with Crippen molar-refractivity contribution in [2.45, 2.75) is 39.7 Å². The lowest BCUT2D eigenvalue weighted by Crippen LogP contribution is -2.44. The third kappa shape index (κ3) is 5.11. The molecule has 10 heteroatoms. The number of amides is 1. The van der Waals surface area contributed by atoms with E-state index in [0.717, 1.165) is 66.8 Å². The second-order valence-corrected chi connectivity index (χ2v) is 11.0. The lowest BCUT2D eigenvalue weighted by molar-refractivity contribution is -0.121. The van der Waals surface area contributed by atoms with Crippen LogP contribution in [0.1, 0.15) is 52.1 Å². The van der Waals surface area contributed by atoms with E-state index in [0.29, 0.717) is 17.4 Å². The molecular weight excluding hydrogens is 494 g/mol. The number of rotatable bonds is 7. The normalized spacial score (nSPS) is 17.8. The predicted octanol–water partition coefficient (Wildman–Crippen LogP) is 3.60. The molecule has 36 heavy (non-hydrogen) atoms. The summed E-state index contributed by atoms with van der Waals surface area (Å²) in [6.45, 7) is 12.0. The van der Waals surface area contributed by atoms with Crippen molar-refractivity contribution in [3.63, 3.8) is 0 Å². The minimum absolute atomic E-state index is 0.0233. The van der Waals surface area contributed by atoms with Crippen LogP contribution in [0.2, 0.25) is 5.02 Å². The van der Waals surface area contributed by atoms with Crippen LogP contribution >= 0.6 is 22.9 Å². The van der Waals surface area contributed by atoms with Gasteiger partial charge in [-0.15, -0.1) is 21.5 Å². The van der Waals surface area contributed by atoms with Crippen LogP contribution in [0.25, 0.3) is 5.00 Å². The van der Waals surface area contributed by atoms with E-state index in [1.165, 1.54) is 10.4 Å². The van der Waals surface area contributed by atoms with Gasteiger partial charge in [-0.3, -0.25) is 14.4 Å². The maximum atomic E-state index is 13.0. The second-order valence-electron chi connectivity index (χ2n) is 9.40. The van der Waals surface area contributed by atoms with Crippen LogP contribution in [0.5, 0.6) is 0 Å².